The standard InChI is InChI=1S/C14H17FN4S2/c15-12-10(8-20-13-16-4-5-17-13)2-1-3-11(12)9-21-14-18-6-7-19-14/h1-3H,4-9H2,(H,16,17)(H,18,19). The van der Waals surface area contributed by atoms with Crippen molar-refractivity contribution in [2.75, 3.05) is 26.2 Å². The van der Waals surface area contributed by atoms with Crippen LogP contribution in [0.1, 0.15) is 11.1 Å². The number of hydrogen-bond donors (Lipinski definition) is 2. The van der Waals surface area contributed by atoms with Gasteiger partial charge in [-0.2, -0.15) is 0 Å². The first kappa shape index (κ1) is 14.7. The summed E-state index contributed by atoms with van der Waals surface area (Å²) in [6.45, 7) is 3.40. The zero-order valence-corrected chi connectivity index (χ0v) is 13.2. The fraction of sp³-hybridized carbons (Fsp3) is 0.429. The lowest BCUT2D eigenvalue weighted by Crippen LogP contribution is -2.15. The summed E-state index contributed by atoms with van der Waals surface area (Å²) in [7, 11) is 0. The molecule has 112 valence electrons. The Morgan fingerprint density at radius 3 is 1.90 bits per heavy atom. The molecular formula is C14H17FN4S2. The van der Waals surface area contributed by atoms with E-state index in [2.05, 4.69) is 20.6 Å². The van der Waals surface area contributed by atoms with Gasteiger partial charge in [0.05, 0.1) is 13.1 Å². The molecule has 0 atom stereocenters. The Kier molecular flexibility index (Phi) is 5.03. The fourth-order valence-corrected chi connectivity index (χ4v) is 3.90. The zero-order chi connectivity index (χ0) is 14.5. The molecule has 7 heteroatoms. The first-order valence-electron chi connectivity index (χ1n) is 6.91. The van der Waals surface area contributed by atoms with Crippen LogP contribution >= 0.6 is 23.5 Å². The Labute approximate surface area is 132 Å². The van der Waals surface area contributed by atoms with Gasteiger partial charge in [-0.3, -0.25) is 9.98 Å². The van der Waals surface area contributed by atoms with E-state index in [0.29, 0.717) is 11.5 Å². The van der Waals surface area contributed by atoms with Crippen molar-refractivity contribution < 1.29 is 4.39 Å². The van der Waals surface area contributed by atoms with E-state index in [1.807, 2.05) is 18.2 Å². The molecule has 4 nitrogen and oxygen atoms in total. The maximum Gasteiger partial charge on any atom is 0.157 e. The Hall–Kier alpha value is -1.21. The SMILES string of the molecule is Fc1c(CSC2=NCCN2)cccc1CSC1=NCCN1. The minimum Gasteiger partial charge on any atom is -0.363 e. The van der Waals surface area contributed by atoms with Gasteiger partial charge >= 0.3 is 0 Å². The van der Waals surface area contributed by atoms with Crippen molar-refractivity contribution in [1.29, 1.82) is 0 Å². The highest BCUT2D eigenvalue weighted by molar-refractivity contribution is 8.13. The van der Waals surface area contributed by atoms with Crippen LogP contribution in [0, 0.1) is 5.82 Å². The molecule has 21 heavy (non-hydrogen) atoms. The van der Waals surface area contributed by atoms with Gasteiger partial charge in [-0.25, -0.2) is 4.39 Å². The van der Waals surface area contributed by atoms with Gasteiger partial charge < -0.3 is 10.6 Å². The van der Waals surface area contributed by atoms with Crippen LogP contribution in [0.2, 0.25) is 0 Å². The van der Waals surface area contributed by atoms with Crippen LogP contribution < -0.4 is 10.6 Å². The smallest absolute Gasteiger partial charge is 0.157 e. The summed E-state index contributed by atoms with van der Waals surface area (Å²) in [5, 5.41) is 8.20. The second-order valence-corrected chi connectivity index (χ2v) is 6.62. The normalized spacial score (nSPS) is 17.2. The van der Waals surface area contributed by atoms with Crippen LogP contribution in [-0.4, -0.2) is 36.5 Å². The van der Waals surface area contributed by atoms with E-state index in [-0.39, 0.29) is 5.82 Å². The van der Waals surface area contributed by atoms with E-state index in [0.717, 1.165) is 47.6 Å². The van der Waals surface area contributed by atoms with Crippen LogP contribution in [-0.2, 0) is 11.5 Å². The second kappa shape index (κ2) is 7.17. The number of halogens is 1. The molecule has 1 aromatic carbocycles. The van der Waals surface area contributed by atoms with Crippen molar-refractivity contribution in [2.24, 2.45) is 9.98 Å². The Balaban J connectivity index is 1.60. The van der Waals surface area contributed by atoms with Crippen LogP contribution in [0.15, 0.2) is 28.2 Å². The monoisotopic (exact) mass is 324 g/mol. The molecular weight excluding hydrogens is 307 g/mol. The molecule has 0 saturated heterocycles. The van der Waals surface area contributed by atoms with Gasteiger partial charge in [0.15, 0.2) is 10.3 Å². The highest BCUT2D eigenvalue weighted by Gasteiger charge is 2.13. The lowest BCUT2D eigenvalue weighted by atomic mass is 10.1. The highest BCUT2D eigenvalue weighted by atomic mass is 32.2. The topological polar surface area (TPSA) is 48.8 Å². The number of benzene rings is 1. The minimum atomic E-state index is -0.102. The summed E-state index contributed by atoms with van der Waals surface area (Å²) < 4.78 is 14.5. The number of thioether (sulfide) groups is 2. The Morgan fingerprint density at radius 2 is 1.48 bits per heavy atom. The summed E-state index contributed by atoms with van der Waals surface area (Å²) in [6, 6.07) is 5.61. The molecule has 0 aliphatic carbocycles. The average Bonchev–Trinajstić information content (AvgIpc) is 3.18. The van der Waals surface area contributed by atoms with Gasteiger partial charge in [0.2, 0.25) is 0 Å². The molecule has 0 amide bonds. The zero-order valence-electron chi connectivity index (χ0n) is 11.6. The molecule has 0 aromatic heterocycles. The highest BCUT2D eigenvalue weighted by Crippen LogP contribution is 2.23. The Morgan fingerprint density at radius 1 is 0.952 bits per heavy atom. The summed E-state index contributed by atoms with van der Waals surface area (Å²) >= 11 is 3.12. The molecule has 2 aliphatic rings. The van der Waals surface area contributed by atoms with Gasteiger partial charge in [0, 0.05) is 24.6 Å². The molecule has 2 aliphatic heterocycles. The molecule has 0 radical (unpaired) electrons. The molecule has 0 unspecified atom stereocenters. The number of hydrogen-bond acceptors (Lipinski definition) is 6. The molecule has 1 aromatic rings. The van der Waals surface area contributed by atoms with Crippen molar-refractivity contribution in [3.8, 4) is 0 Å². The first-order valence-corrected chi connectivity index (χ1v) is 8.88. The van der Waals surface area contributed by atoms with Crippen LogP contribution in [0.5, 0.6) is 0 Å². The fourth-order valence-electron chi connectivity index (χ4n) is 2.09. The summed E-state index contributed by atoms with van der Waals surface area (Å²) in [5.41, 5.74) is 1.46. The molecule has 0 bridgehead atoms. The average molecular weight is 324 g/mol. The number of aliphatic imine (C=N–C) groups is 2. The largest absolute Gasteiger partial charge is 0.363 e. The molecule has 0 spiro atoms. The van der Waals surface area contributed by atoms with Crippen molar-refractivity contribution in [2.45, 2.75) is 11.5 Å². The molecule has 3 rings (SSSR count). The van der Waals surface area contributed by atoms with Gasteiger partial charge in [-0.15, -0.1) is 0 Å². The van der Waals surface area contributed by atoms with E-state index in [4.69, 9.17) is 0 Å². The summed E-state index contributed by atoms with van der Waals surface area (Å²) in [5.74, 6) is 1.11. The number of amidine groups is 2. The third-order valence-electron chi connectivity index (χ3n) is 3.17. The lowest BCUT2D eigenvalue weighted by molar-refractivity contribution is 0.607. The number of nitrogens with zero attached hydrogens (tertiary/aromatic N) is 2. The van der Waals surface area contributed by atoms with Crippen LogP contribution in [0.4, 0.5) is 4.39 Å². The third kappa shape index (κ3) is 3.91. The van der Waals surface area contributed by atoms with E-state index in [1.54, 1.807) is 23.5 Å². The van der Waals surface area contributed by atoms with E-state index < -0.39 is 0 Å². The minimum absolute atomic E-state index is 0.102. The number of nitrogens with one attached hydrogen (secondary N) is 2. The van der Waals surface area contributed by atoms with Crippen LogP contribution in [0.25, 0.3) is 0 Å². The van der Waals surface area contributed by atoms with Crippen LogP contribution in [0.3, 0.4) is 0 Å². The van der Waals surface area contributed by atoms with Gasteiger partial charge in [-0.05, 0) is 11.1 Å². The van der Waals surface area contributed by atoms with Crippen molar-refractivity contribution in [3.63, 3.8) is 0 Å². The Bertz CT molecular complexity index is 528. The van der Waals surface area contributed by atoms with Crippen molar-refractivity contribution in [3.05, 3.63) is 35.1 Å². The van der Waals surface area contributed by atoms with Crippen molar-refractivity contribution in [1.82, 2.24) is 10.6 Å². The summed E-state index contributed by atoms with van der Waals surface area (Å²) in [6.07, 6.45) is 0. The summed E-state index contributed by atoms with van der Waals surface area (Å²) in [4.78, 5) is 8.62. The second-order valence-electron chi connectivity index (χ2n) is 4.69. The third-order valence-corrected chi connectivity index (χ3v) is 5.18. The molecule has 2 N–H and O–H groups in total. The molecule has 0 fully saturated rings. The van der Waals surface area contributed by atoms with E-state index >= 15 is 0 Å². The van der Waals surface area contributed by atoms with Gasteiger partial charge in [-0.1, -0.05) is 41.7 Å². The maximum atomic E-state index is 14.5. The lowest BCUT2D eigenvalue weighted by Gasteiger charge is -2.08. The van der Waals surface area contributed by atoms with E-state index in [9.17, 15) is 4.39 Å². The van der Waals surface area contributed by atoms with Crippen molar-refractivity contribution >= 4 is 33.9 Å². The first-order chi connectivity index (χ1) is 10.3. The van der Waals surface area contributed by atoms with Gasteiger partial charge in [0.1, 0.15) is 5.82 Å². The molecule has 2 heterocycles. The predicted octanol–water partition coefficient (Wildman–Crippen LogP) is 2.21. The van der Waals surface area contributed by atoms with Gasteiger partial charge in [0.25, 0.3) is 0 Å². The maximum absolute atomic E-state index is 14.5. The quantitative estimate of drug-likeness (QED) is 0.891. The number of rotatable bonds is 4. The molecule has 0 saturated carbocycles. The predicted molar refractivity (Wildman–Crippen MR) is 89.6 cm³/mol. The van der Waals surface area contributed by atoms with E-state index in [1.165, 1.54) is 0 Å².